The highest BCUT2D eigenvalue weighted by Crippen LogP contribution is 2.58. The molecule has 158 valence electrons. The van der Waals surface area contributed by atoms with Crippen molar-refractivity contribution < 1.29 is 24.2 Å². The van der Waals surface area contributed by atoms with Gasteiger partial charge in [0.15, 0.2) is 13.9 Å². The van der Waals surface area contributed by atoms with E-state index in [-0.39, 0.29) is 29.9 Å². The normalized spacial score (nSPS) is 32.0. The van der Waals surface area contributed by atoms with Crippen LogP contribution >= 0.6 is 0 Å². The van der Waals surface area contributed by atoms with Gasteiger partial charge in [0, 0.05) is 48.0 Å². The predicted octanol–water partition coefficient (Wildman–Crippen LogP) is 2.34. The van der Waals surface area contributed by atoms with Crippen LogP contribution in [-0.4, -0.2) is 49.3 Å². The van der Waals surface area contributed by atoms with E-state index in [0.717, 1.165) is 24.1 Å². The number of anilines is 2. The molecule has 0 unspecified atom stereocenters. The highest BCUT2D eigenvalue weighted by atomic mass is 28.4. The van der Waals surface area contributed by atoms with Gasteiger partial charge < -0.3 is 24.9 Å². The van der Waals surface area contributed by atoms with E-state index in [1.807, 2.05) is 38.2 Å². The number of aliphatic hydroxyl groups excluding tert-OH is 1. The Morgan fingerprint density at radius 3 is 2.72 bits per heavy atom. The van der Waals surface area contributed by atoms with Gasteiger partial charge in [0.05, 0.1) is 6.10 Å². The average molecular weight is 419 g/mol. The van der Waals surface area contributed by atoms with Crippen molar-refractivity contribution >= 4 is 31.5 Å². The summed E-state index contributed by atoms with van der Waals surface area (Å²) < 4.78 is 6.41. The number of ether oxygens (including phenoxy) is 1. The van der Waals surface area contributed by atoms with E-state index in [1.165, 1.54) is 0 Å². The summed E-state index contributed by atoms with van der Waals surface area (Å²) in [5, 5.41) is 12.5. The number of benzene rings is 1. The molecule has 2 amide bonds. The van der Waals surface area contributed by atoms with Gasteiger partial charge in [-0.2, -0.15) is 0 Å². The number of fused-ring (bicyclic) bond motifs is 2. The SMILES string of the molecule is C[C@@H]1[C@@H]([Si](C)(C)O)[C@H](CCO)O[C@@]12C(=O)Nc1ccc(N3CCCCC3=O)cc12. The molecule has 0 saturated carbocycles. The number of hydrogen-bond acceptors (Lipinski definition) is 5. The quantitative estimate of drug-likeness (QED) is 0.652. The van der Waals surface area contributed by atoms with Crippen molar-refractivity contribution in [2.75, 3.05) is 23.4 Å². The fourth-order valence-electron chi connectivity index (χ4n) is 5.53. The van der Waals surface area contributed by atoms with Gasteiger partial charge in [-0.15, -0.1) is 0 Å². The zero-order chi connectivity index (χ0) is 21.0. The Kier molecular flexibility index (Phi) is 5.09. The van der Waals surface area contributed by atoms with E-state index < -0.39 is 20.0 Å². The fraction of sp³-hybridized carbons (Fsp3) is 0.619. The fourth-order valence-corrected chi connectivity index (χ4v) is 8.13. The van der Waals surface area contributed by atoms with Crippen LogP contribution in [0.2, 0.25) is 18.6 Å². The standard InChI is InChI=1S/C21H30N2O5Si/c1-13-19(29(2,3)27)17(9-11-24)28-21(13)15-12-14(7-8-16(15)22-20(21)26)23-10-5-4-6-18(23)25/h7-8,12-13,17,19,24,27H,4-6,9-11H2,1-3H3,(H,22,26)/t13-,17+,19-,21+/m1/s1. The third-order valence-electron chi connectivity index (χ3n) is 6.77. The summed E-state index contributed by atoms with van der Waals surface area (Å²) in [4.78, 5) is 38.3. The number of aliphatic hydroxyl groups is 1. The monoisotopic (exact) mass is 418 g/mol. The van der Waals surface area contributed by atoms with Gasteiger partial charge in [-0.1, -0.05) is 6.92 Å². The maximum Gasteiger partial charge on any atom is 0.261 e. The second kappa shape index (κ2) is 7.19. The Labute approximate surface area is 172 Å². The largest absolute Gasteiger partial charge is 0.432 e. The molecule has 3 heterocycles. The van der Waals surface area contributed by atoms with Crippen molar-refractivity contribution in [2.24, 2.45) is 5.92 Å². The van der Waals surface area contributed by atoms with Crippen LogP contribution in [0.25, 0.3) is 0 Å². The summed E-state index contributed by atoms with van der Waals surface area (Å²) in [6, 6.07) is 5.61. The molecule has 0 aromatic heterocycles. The molecule has 1 spiro atoms. The maximum atomic E-state index is 13.2. The first-order chi connectivity index (χ1) is 13.7. The smallest absolute Gasteiger partial charge is 0.261 e. The van der Waals surface area contributed by atoms with E-state index in [1.54, 1.807) is 4.90 Å². The van der Waals surface area contributed by atoms with Crippen molar-refractivity contribution in [1.29, 1.82) is 0 Å². The minimum Gasteiger partial charge on any atom is -0.432 e. The summed E-state index contributed by atoms with van der Waals surface area (Å²) >= 11 is 0. The maximum absolute atomic E-state index is 13.2. The predicted molar refractivity (Wildman–Crippen MR) is 112 cm³/mol. The third kappa shape index (κ3) is 3.13. The van der Waals surface area contributed by atoms with E-state index in [2.05, 4.69) is 5.32 Å². The number of piperidine rings is 1. The molecule has 0 radical (unpaired) electrons. The zero-order valence-corrected chi connectivity index (χ0v) is 18.3. The molecular weight excluding hydrogens is 388 g/mol. The lowest BCUT2D eigenvalue weighted by Crippen LogP contribution is -2.43. The van der Waals surface area contributed by atoms with E-state index in [0.29, 0.717) is 25.1 Å². The van der Waals surface area contributed by atoms with E-state index in [9.17, 15) is 19.5 Å². The van der Waals surface area contributed by atoms with E-state index in [4.69, 9.17) is 4.74 Å². The van der Waals surface area contributed by atoms with Crippen LogP contribution in [-0.2, 0) is 19.9 Å². The van der Waals surface area contributed by atoms with Gasteiger partial charge in [-0.25, -0.2) is 0 Å². The van der Waals surface area contributed by atoms with Crippen LogP contribution in [0, 0.1) is 5.92 Å². The molecule has 29 heavy (non-hydrogen) atoms. The minimum absolute atomic E-state index is 0.0642. The first-order valence-electron chi connectivity index (χ1n) is 10.5. The molecule has 0 bridgehead atoms. The second-order valence-corrected chi connectivity index (χ2v) is 13.0. The topological polar surface area (TPSA) is 99.1 Å². The number of rotatable bonds is 4. The Hall–Kier alpha value is -1.74. The molecule has 2 fully saturated rings. The van der Waals surface area contributed by atoms with Crippen LogP contribution < -0.4 is 10.2 Å². The molecule has 8 heteroatoms. The van der Waals surface area contributed by atoms with Crippen LogP contribution in [0.3, 0.4) is 0 Å². The summed E-state index contributed by atoms with van der Waals surface area (Å²) in [7, 11) is -2.67. The number of nitrogens with one attached hydrogen (secondary N) is 1. The summed E-state index contributed by atoms with van der Waals surface area (Å²) in [6.45, 7) is 6.29. The first-order valence-corrected chi connectivity index (χ1v) is 13.5. The molecule has 3 N–H and O–H groups in total. The van der Waals surface area contributed by atoms with Crippen molar-refractivity contribution in [1.82, 2.24) is 0 Å². The van der Waals surface area contributed by atoms with Gasteiger partial charge in [-0.05, 0) is 50.6 Å². The lowest BCUT2D eigenvalue weighted by atomic mass is 9.82. The number of nitrogens with zero attached hydrogens (tertiary/aromatic N) is 1. The van der Waals surface area contributed by atoms with Gasteiger partial charge in [0.25, 0.3) is 5.91 Å². The molecule has 7 nitrogen and oxygen atoms in total. The van der Waals surface area contributed by atoms with Crippen molar-refractivity contribution in [3.8, 4) is 0 Å². The Morgan fingerprint density at radius 2 is 2.07 bits per heavy atom. The Balaban J connectivity index is 1.79. The Bertz CT molecular complexity index is 839. The van der Waals surface area contributed by atoms with Gasteiger partial charge in [-0.3, -0.25) is 9.59 Å². The lowest BCUT2D eigenvalue weighted by Gasteiger charge is -2.32. The lowest BCUT2D eigenvalue weighted by molar-refractivity contribution is -0.143. The highest BCUT2D eigenvalue weighted by Gasteiger charge is 2.64. The van der Waals surface area contributed by atoms with Crippen molar-refractivity contribution in [2.45, 2.75) is 62.9 Å². The summed E-state index contributed by atoms with van der Waals surface area (Å²) in [6.07, 6.45) is 2.39. The number of hydrogen-bond donors (Lipinski definition) is 3. The van der Waals surface area contributed by atoms with Crippen LogP contribution in [0.4, 0.5) is 11.4 Å². The van der Waals surface area contributed by atoms with Gasteiger partial charge >= 0.3 is 0 Å². The molecule has 3 aliphatic heterocycles. The number of carbonyl (C=O) groups is 2. The molecule has 3 aliphatic rings. The van der Waals surface area contributed by atoms with Crippen LogP contribution in [0.1, 0.15) is 38.2 Å². The summed E-state index contributed by atoms with van der Waals surface area (Å²) in [5.74, 6) is -0.382. The van der Waals surface area contributed by atoms with Crippen LogP contribution in [0.5, 0.6) is 0 Å². The highest BCUT2D eigenvalue weighted by molar-refractivity contribution is 6.71. The molecule has 4 rings (SSSR count). The zero-order valence-electron chi connectivity index (χ0n) is 17.3. The molecule has 0 aliphatic carbocycles. The van der Waals surface area contributed by atoms with Gasteiger partial charge in [0.1, 0.15) is 0 Å². The van der Waals surface area contributed by atoms with Crippen LogP contribution in [0.15, 0.2) is 18.2 Å². The van der Waals surface area contributed by atoms with Crippen molar-refractivity contribution in [3.63, 3.8) is 0 Å². The molecule has 1 aromatic rings. The van der Waals surface area contributed by atoms with Gasteiger partial charge in [0.2, 0.25) is 5.91 Å². The molecule has 1 aromatic carbocycles. The first kappa shape index (κ1) is 20.5. The third-order valence-corrected chi connectivity index (χ3v) is 9.27. The van der Waals surface area contributed by atoms with Crippen molar-refractivity contribution in [3.05, 3.63) is 23.8 Å². The molecular formula is C21H30N2O5Si. The number of amides is 2. The minimum atomic E-state index is -2.67. The Morgan fingerprint density at radius 1 is 1.31 bits per heavy atom. The summed E-state index contributed by atoms with van der Waals surface area (Å²) in [5.41, 5.74) is 0.807. The number of carbonyl (C=O) groups excluding carboxylic acids is 2. The second-order valence-electron chi connectivity index (χ2n) is 9.06. The molecule has 2 saturated heterocycles. The van der Waals surface area contributed by atoms with E-state index >= 15 is 0 Å². The molecule has 4 atom stereocenters. The average Bonchev–Trinajstić information content (AvgIpc) is 3.10.